The fraction of sp³-hybridized carbons (Fsp3) is 0.533. The summed E-state index contributed by atoms with van der Waals surface area (Å²) < 4.78 is 13.7. The number of aryl methyl sites for hydroxylation is 1. The van der Waals surface area contributed by atoms with Crippen LogP contribution in [-0.2, 0) is 0 Å². The highest BCUT2D eigenvalue weighted by Crippen LogP contribution is 2.27. The highest BCUT2D eigenvalue weighted by molar-refractivity contribution is 5.94. The van der Waals surface area contributed by atoms with Crippen molar-refractivity contribution in [2.75, 3.05) is 6.54 Å². The lowest BCUT2D eigenvalue weighted by atomic mass is 9.97. The Morgan fingerprint density at radius 1 is 1.47 bits per heavy atom. The fourth-order valence-electron chi connectivity index (χ4n) is 2.78. The van der Waals surface area contributed by atoms with Gasteiger partial charge in [-0.2, -0.15) is 0 Å². The van der Waals surface area contributed by atoms with Crippen molar-refractivity contribution in [1.29, 1.82) is 0 Å². The van der Waals surface area contributed by atoms with Gasteiger partial charge in [0.1, 0.15) is 5.82 Å². The number of hydrogen-bond donors (Lipinski definition) is 2. The van der Waals surface area contributed by atoms with Gasteiger partial charge in [-0.05, 0) is 43.4 Å². The number of carbonyl (C=O) groups excluding carboxylic acids is 1. The summed E-state index contributed by atoms with van der Waals surface area (Å²) in [5, 5.41) is 2.88. The van der Waals surface area contributed by atoms with Crippen molar-refractivity contribution in [3.8, 4) is 0 Å². The first-order chi connectivity index (χ1) is 9.11. The smallest absolute Gasteiger partial charge is 0.254 e. The third-order valence-electron chi connectivity index (χ3n) is 3.91. The average molecular weight is 264 g/mol. The van der Waals surface area contributed by atoms with Gasteiger partial charge in [0.25, 0.3) is 5.91 Å². The van der Waals surface area contributed by atoms with Crippen LogP contribution in [0.3, 0.4) is 0 Å². The lowest BCUT2D eigenvalue weighted by molar-refractivity contribution is 0.0920. The second kappa shape index (κ2) is 6.15. The molecule has 4 heteroatoms. The first kappa shape index (κ1) is 14.0. The predicted molar refractivity (Wildman–Crippen MR) is 73.4 cm³/mol. The summed E-state index contributed by atoms with van der Waals surface area (Å²) in [6, 6.07) is 4.60. The van der Waals surface area contributed by atoms with E-state index in [-0.39, 0.29) is 17.5 Å². The van der Waals surface area contributed by atoms with E-state index in [1.54, 1.807) is 13.0 Å². The van der Waals surface area contributed by atoms with E-state index in [0.29, 0.717) is 12.5 Å². The summed E-state index contributed by atoms with van der Waals surface area (Å²) in [5.41, 5.74) is 6.64. The van der Waals surface area contributed by atoms with Crippen LogP contribution >= 0.6 is 0 Å². The molecule has 1 aromatic carbocycles. The number of nitrogens with two attached hydrogens (primary N) is 1. The van der Waals surface area contributed by atoms with Crippen molar-refractivity contribution >= 4 is 5.91 Å². The number of benzene rings is 1. The van der Waals surface area contributed by atoms with Crippen LogP contribution in [0.25, 0.3) is 0 Å². The van der Waals surface area contributed by atoms with E-state index in [1.165, 1.54) is 25.0 Å². The Kier molecular flexibility index (Phi) is 4.53. The summed E-state index contributed by atoms with van der Waals surface area (Å²) >= 11 is 0. The van der Waals surface area contributed by atoms with Crippen molar-refractivity contribution in [1.82, 2.24) is 5.32 Å². The van der Waals surface area contributed by atoms with Crippen molar-refractivity contribution < 1.29 is 9.18 Å². The Bertz CT molecular complexity index is 455. The molecule has 0 spiro atoms. The van der Waals surface area contributed by atoms with Crippen molar-refractivity contribution in [2.45, 2.75) is 38.6 Å². The fourth-order valence-corrected chi connectivity index (χ4v) is 2.78. The van der Waals surface area contributed by atoms with E-state index in [1.807, 2.05) is 0 Å². The predicted octanol–water partition coefficient (Wildman–Crippen LogP) is 2.38. The molecule has 1 aliphatic carbocycles. The number of nitrogens with one attached hydrogen (secondary N) is 1. The Morgan fingerprint density at radius 2 is 2.16 bits per heavy atom. The van der Waals surface area contributed by atoms with Gasteiger partial charge in [-0.1, -0.05) is 18.9 Å². The van der Waals surface area contributed by atoms with Crippen LogP contribution in [0.1, 0.15) is 41.6 Å². The van der Waals surface area contributed by atoms with E-state index in [0.717, 1.165) is 18.4 Å². The summed E-state index contributed by atoms with van der Waals surface area (Å²) in [6.07, 6.45) is 4.57. The summed E-state index contributed by atoms with van der Waals surface area (Å²) in [7, 11) is 0. The van der Waals surface area contributed by atoms with Gasteiger partial charge in [0.05, 0.1) is 5.56 Å². The van der Waals surface area contributed by atoms with E-state index >= 15 is 0 Å². The highest BCUT2D eigenvalue weighted by atomic mass is 19.1. The number of amides is 1. The summed E-state index contributed by atoms with van der Waals surface area (Å²) in [4.78, 5) is 12.1. The Morgan fingerprint density at radius 3 is 2.74 bits per heavy atom. The molecule has 0 heterocycles. The molecule has 1 fully saturated rings. The third-order valence-corrected chi connectivity index (χ3v) is 3.91. The van der Waals surface area contributed by atoms with E-state index in [9.17, 15) is 9.18 Å². The third kappa shape index (κ3) is 3.32. The zero-order chi connectivity index (χ0) is 13.8. The minimum atomic E-state index is -0.473. The minimum Gasteiger partial charge on any atom is -0.348 e. The average Bonchev–Trinajstić information content (AvgIpc) is 2.89. The van der Waals surface area contributed by atoms with E-state index in [4.69, 9.17) is 5.73 Å². The topological polar surface area (TPSA) is 55.1 Å². The maximum atomic E-state index is 13.7. The quantitative estimate of drug-likeness (QED) is 0.877. The normalized spacial score (nSPS) is 17.4. The SMILES string of the molecule is Cc1ccc(C(=O)NC(CN)C2CCCC2)c(F)c1. The number of halogens is 1. The molecule has 3 nitrogen and oxygen atoms in total. The Hall–Kier alpha value is -1.42. The highest BCUT2D eigenvalue weighted by Gasteiger charge is 2.26. The van der Waals surface area contributed by atoms with Crippen molar-refractivity contribution in [2.24, 2.45) is 11.7 Å². The molecule has 1 aromatic rings. The van der Waals surface area contributed by atoms with Crippen LogP contribution in [0.4, 0.5) is 4.39 Å². The Labute approximate surface area is 113 Å². The number of hydrogen-bond acceptors (Lipinski definition) is 2. The van der Waals surface area contributed by atoms with Crippen LogP contribution in [-0.4, -0.2) is 18.5 Å². The largest absolute Gasteiger partial charge is 0.348 e. The Balaban J connectivity index is 2.06. The first-order valence-electron chi connectivity index (χ1n) is 6.89. The molecule has 0 radical (unpaired) electrons. The molecule has 3 N–H and O–H groups in total. The van der Waals surface area contributed by atoms with Gasteiger partial charge >= 0.3 is 0 Å². The zero-order valence-electron chi connectivity index (χ0n) is 11.3. The van der Waals surface area contributed by atoms with Crippen molar-refractivity contribution in [3.63, 3.8) is 0 Å². The van der Waals surface area contributed by atoms with Crippen LogP contribution in [0.15, 0.2) is 18.2 Å². The zero-order valence-corrected chi connectivity index (χ0v) is 11.3. The van der Waals surface area contributed by atoms with Gasteiger partial charge in [0.2, 0.25) is 0 Å². The molecule has 104 valence electrons. The molecule has 1 amide bonds. The molecule has 1 aliphatic rings. The number of rotatable bonds is 4. The van der Waals surface area contributed by atoms with Gasteiger partial charge in [0, 0.05) is 12.6 Å². The molecule has 2 rings (SSSR count). The number of carbonyl (C=O) groups is 1. The summed E-state index contributed by atoms with van der Waals surface area (Å²) in [6.45, 7) is 2.20. The molecule has 1 saturated carbocycles. The summed E-state index contributed by atoms with van der Waals surface area (Å²) in [5.74, 6) is -0.401. The van der Waals surface area contributed by atoms with Gasteiger partial charge in [-0.25, -0.2) is 4.39 Å². The molecule has 19 heavy (non-hydrogen) atoms. The van der Waals surface area contributed by atoms with E-state index < -0.39 is 5.82 Å². The standard InChI is InChI=1S/C15H21FN2O/c1-10-6-7-12(13(16)8-10)15(19)18-14(9-17)11-4-2-3-5-11/h6-8,11,14H,2-5,9,17H2,1H3,(H,18,19). The molecule has 0 saturated heterocycles. The molecule has 1 atom stereocenters. The molecular formula is C15H21FN2O. The van der Waals surface area contributed by atoms with Crippen LogP contribution < -0.4 is 11.1 Å². The van der Waals surface area contributed by atoms with Crippen LogP contribution in [0, 0.1) is 18.7 Å². The molecule has 1 unspecified atom stereocenters. The lowest BCUT2D eigenvalue weighted by Gasteiger charge is -2.23. The minimum absolute atomic E-state index is 0.0456. The van der Waals surface area contributed by atoms with Gasteiger partial charge < -0.3 is 11.1 Å². The molecular weight excluding hydrogens is 243 g/mol. The second-order valence-corrected chi connectivity index (χ2v) is 5.34. The maximum absolute atomic E-state index is 13.7. The lowest BCUT2D eigenvalue weighted by Crippen LogP contribution is -2.44. The van der Waals surface area contributed by atoms with Crippen LogP contribution in [0.5, 0.6) is 0 Å². The van der Waals surface area contributed by atoms with Crippen LogP contribution in [0.2, 0.25) is 0 Å². The molecule has 0 bridgehead atoms. The maximum Gasteiger partial charge on any atom is 0.254 e. The van der Waals surface area contributed by atoms with Gasteiger partial charge in [-0.3, -0.25) is 4.79 Å². The van der Waals surface area contributed by atoms with Gasteiger partial charge in [-0.15, -0.1) is 0 Å². The van der Waals surface area contributed by atoms with Gasteiger partial charge in [0.15, 0.2) is 0 Å². The molecule has 0 aliphatic heterocycles. The second-order valence-electron chi connectivity index (χ2n) is 5.34. The van der Waals surface area contributed by atoms with E-state index in [2.05, 4.69) is 5.32 Å². The molecule has 0 aromatic heterocycles. The monoisotopic (exact) mass is 264 g/mol. The van der Waals surface area contributed by atoms with Crippen molar-refractivity contribution in [3.05, 3.63) is 35.1 Å². The first-order valence-corrected chi connectivity index (χ1v) is 6.89.